The minimum atomic E-state index is -0.650. The molecule has 5 heteroatoms. The summed E-state index contributed by atoms with van der Waals surface area (Å²) < 4.78 is 7.65. The van der Waals surface area contributed by atoms with E-state index < -0.39 is 6.10 Å². The van der Waals surface area contributed by atoms with Gasteiger partial charge in [0.2, 0.25) is 0 Å². The lowest BCUT2D eigenvalue weighted by atomic mass is 10.0. The summed E-state index contributed by atoms with van der Waals surface area (Å²) in [5.74, 6) is 0. The smallest absolute Gasteiger partial charge is 0.108 e. The first-order valence-electron chi connectivity index (χ1n) is 7.97. The van der Waals surface area contributed by atoms with Crippen LogP contribution in [0.3, 0.4) is 0 Å². The van der Waals surface area contributed by atoms with Crippen LogP contribution in [0, 0.1) is 6.92 Å². The van der Waals surface area contributed by atoms with E-state index >= 15 is 0 Å². The third kappa shape index (κ3) is 4.28. The van der Waals surface area contributed by atoms with E-state index in [1.54, 1.807) is 17.1 Å². The van der Waals surface area contributed by atoms with Gasteiger partial charge in [-0.2, -0.15) is 0 Å². The molecule has 0 spiro atoms. The van der Waals surface area contributed by atoms with Crippen LogP contribution in [0.2, 0.25) is 0 Å². The minimum absolute atomic E-state index is 0.211. The second-order valence-corrected chi connectivity index (χ2v) is 5.81. The van der Waals surface area contributed by atoms with Gasteiger partial charge in [-0.25, -0.2) is 4.68 Å². The number of hydrogen-bond acceptors (Lipinski definition) is 4. The lowest BCUT2D eigenvalue weighted by molar-refractivity contribution is -0.00209. The van der Waals surface area contributed by atoms with Crippen LogP contribution in [0.4, 0.5) is 0 Å². The van der Waals surface area contributed by atoms with E-state index in [9.17, 15) is 5.11 Å². The number of hydrogen-bond donors (Lipinski definition) is 1. The molecule has 1 aromatic heterocycles. The molecule has 24 heavy (non-hydrogen) atoms. The van der Waals surface area contributed by atoms with Crippen molar-refractivity contribution >= 4 is 0 Å². The Kier molecular flexibility index (Phi) is 5.36. The predicted octanol–water partition coefficient (Wildman–Crippen LogP) is 2.75. The number of aromatic nitrogens is 3. The maximum absolute atomic E-state index is 10.2. The van der Waals surface area contributed by atoms with Crippen molar-refractivity contribution in [3.05, 3.63) is 83.7 Å². The van der Waals surface area contributed by atoms with Gasteiger partial charge in [0.15, 0.2) is 0 Å². The number of benzene rings is 2. The van der Waals surface area contributed by atoms with Crippen molar-refractivity contribution < 1.29 is 9.84 Å². The van der Waals surface area contributed by atoms with E-state index in [0.717, 1.165) is 11.1 Å². The maximum Gasteiger partial charge on any atom is 0.108 e. The Balaban J connectivity index is 1.71. The van der Waals surface area contributed by atoms with Crippen molar-refractivity contribution in [1.29, 1.82) is 0 Å². The summed E-state index contributed by atoms with van der Waals surface area (Å²) >= 11 is 0. The van der Waals surface area contributed by atoms with Gasteiger partial charge < -0.3 is 9.84 Å². The molecule has 3 rings (SSSR count). The highest BCUT2D eigenvalue weighted by Crippen LogP contribution is 2.26. The first-order valence-corrected chi connectivity index (χ1v) is 7.97. The molecule has 1 heterocycles. The predicted molar refractivity (Wildman–Crippen MR) is 91.4 cm³/mol. The first-order chi connectivity index (χ1) is 11.7. The fourth-order valence-electron chi connectivity index (χ4n) is 2.56. The molecule has 1 N–H and O–H groups in total. The van der Waals surface area contributed by atoms with Gasteiger partial charge in [-0.15, -0.1) is 5.10 Å². The van der Waals surface area contributed by atoms with E-state index in [-0.39, 0.29) is 12.7 Å². The summed E-state index contributed by atoms with van der Waals surface area (Å²) in [5.41, 5.74) is 3.34. The molecule has 0 aliphatic heterocycles. The van der Waals surface area contributed by atoms with Crippen molar-refractivity contribution in [3.8, 4) is 0 Å². The molecule has 5 nitrogen and oxygen atoms in total. The maximum atomic E-state index is 10.2. The third-order valence-electron chi connectivity index (χ3n) is 3.81. The van der Waals surface area contributed by atoms with Crippen LogP contribution in [-0.2, 0) is 11.3 Å². The number of rotatable bonds is 7. The molecule has 0 aliphatic rings. The zero-order valence-electron chi connectivity index (χ0n) is 13.6. The summed E-state index contributed by atoms with van der Waals surface area (Å²) in [7, 11) is 0. The highest BCUT2D eigenvalue weighted by atomic mass is 16.5. The third-order valence-corrected chi connectivity index (χ3v) is 3.81. The molecular formula is C19H21N3O2. The quantitative estimate of drug-likeness (QED) is 0.726. The van der Waals surface area contributed by atoms with Crippen molar-refractivity contribution in [2.24, 2.45) is 0 Å². The van der Waals surface area contributed by atoms with Crippen molar-refractivity contribution in [2.45, 2.75) is 25.7 Å². The molecule has 0 bridgehead atoms. The van der Waals surface area contributed by atoms with Crippen LogP contribution in [0.1, 0.15) is 22.8 Å². The molecule has 0 fully saturated rings. The van der Waals surface area contributed by atoms with Gasteiger partial charge in [-0.1, -0.05) is 65.4 Å². The number of aliphatic hydroxyl groups excluding tert-OH is 1. The van der Waals surface area contributed by atoms with Crippen LogP contribution in [0.15, 0.2) is 67.0 Å². The topological polar surface area (TPSA) is 60.2 Å². The Morgan fingerprint density at radius 3 is 2.42 bits per heavy atom. The highest BCUT2D eigenvalue weighted by Gasteiger charge is 2.17. The zero-order chi connectivity index (χ0) is 16.8. The largest absolute Gasteiger partial charge is 0.389 e. The van der Waals surface area contributed by atoms with Crippen LogP contribution in [0.5, 0.6) is 0 Å². The zero-order valence-corrected chi connectivity index (χ0v) is 13.6. The Morgan fingerprint density at radius 2 is 1.75 bits per heavy atom. The minimum Gasteiger partial charge on any atom is -0.389 e. The normalized spacial score (nSPS) is 13.6. The van der Waals surface area contributed by atoms with Gasteiger partial charge in [-0.3, -0.25) is 0 Å². The molecule has 3 aromatic rings. The van der Waals surface area contributed by atoms with Crippen LogP contribution in [-0.4, -0.2) is 32.8 Å². The van der Waals surface area contributed by atoms with Crippen LogP contribution < -0.4 is 0 Å². The van der Waals surface area contributed by atoms with E-state index in [4.69, 9.17) is 4.74 Å². The molecule has 124 valence electrons. The average molecular weight is 323 g/mol. The molecule has 0 saturated heterocycles. The molecule has 0 unspecified atom stereocenters. The van der Waals surface area contributed by atoms with Crippen molar-refractivity contribution in [1.82, 2.24) is 15.0 Å². The number of aliphatic hydroxyl groups is 1. The van der Waals surface area contributed by atoms with Gasteiger partial charge in [0, 0.05) is 6.20 Å². The van der Waals surface area contributed by atoms with E-state index in [0.29, 0.717) is 6.54 Å². The number of aryl methyl sites for hydroxylation is 1. The van der Waals surface area contributed by atoms with E-state index in [1.165, 1.54) is 5.56 Å². The van der Waals surface area contributed by atoms with Crippen LogP contribution >= 0.6 is 0 Å². The SMILES string of the molecule is Cc1ccc([C@@H](OC[C@H](O)Cn2ccnn2)c2ccccc2)cc1. The van der Waals surface area contributed by atoms with Gasteiger partial charge in [0.05, 0.1) is 25.5 Å². The van der Waals surface area contributed by atoms with Gasteiger partial charge in [0.1, 0.15) is 6.10 Å². The van der Waals surface area contributed by atoms with Crippen molar-refractivity contribution in [2.75, 3.05) is 6.61 Å². The summed E-state index contributed by atoms with van der Waals surface area (Å²) in [4.78, 5) is 0. The number of ether oxygens (including phenoxy) is 1. The molecule has 0 aliphatic carbocycles. The van der Waals surface area contributed by atoms with Gasteiger partial charge in [0.25, 0.3) is 0 Å². The molecule has 0 amide bonds. The molecule has 0 saturated carbocycles. The van der Waals surface area contributed by atoms with E-state index in [1.807, 2.05) is 30.3 Å². The Hall–Kier alpha value is -2.50. The fourth-order valence-corrected chi connectivity index (χ4v) is 2.56. The second kappa shape index (κ2) is 7.86. The Labute approximate surface area is 141 Å². The summed E-state index contributed by atoms with van der Waals surface area (Å²) in [6, 6.07) is 18.3. The highest BCUT2D eigenvalue weighted by molar-refractivity contribution is 5.31. The molecular weight excluding hydrogens is 302 g/mol. The lowest BCUT2D eigenvalue weighted by Gasteiger charge is -2.21. The first kappa shape index (κ1) is 16.4. The lowest BCUT2D eigenvalue weighted by Crippen LogP contribution is -2.24. The van der Waals surface area contributed by atoms with Crippen molar-refractivity contribution in [3.63, 3.8) is 0 Å². The Bertz CT molecular complexity index is 727. The average Bonchev–Trinajstić information content (AvgIpc) is 3.10. The van der Waals surface area contributed by atoms with Crippen LogP contribution in [0.25, 0.3) is 0 Å². The molecule has 0 radical (unpaired) electrons. The fraction of sp³-hybridized carbons (Fsp3) is 0.263. The van der Waals surface area contributed by atoms with Gasteiger partial charge >= 0.3 is 0 Å². The molecule has 2 atom stereocenters. The second-order valence-electron chi connectivity index (χ2n) is 5.81. The summed E-state index contributed by atoms with van der Waals surface area (Å²) in [6.45, 7) is 2.63. The monoisotopic (exact) mass is 323 g/mol. The Morgan fingerprint density at radius 1 is 1.04 bits per heavy atom. The summed E-state index contributed by atoms with van der Waals surface area (Å²) in [6.07, 6.45) is 2.45. The summed E-state index contributed by atoms with van der Waals surface area (Å²) in [5, 5.41) is 17.8. The van der Waals surface area contributed by atoms with Gasteiger partial charge in [-0.05, 0) is 18.1 Å². The number of nitrogens with zero attached hydrogens (tertiary/aromatic N) is 3. The van der Waals surface area contributed by atoms with E-state index in [2.05, 4.69) is 41.5 Å². The standard InChI is InChI=1S/C19H21N3O2/c1-15-7-9-17(10-8-15)19(16-5-3-2-4-6-16)24-14-18(23)13-22-12-11-20-21-22/h2-12,18-19,23H,13-14H2,1H3/t18-,19+/m1/s1. The molecule has 2 aromatic carbocycles.